The molecule has 1 unspecified atom stereocenters. The van der Waals surface area contributed by atoms with Crippen LogP contribution in [0.4, 0.5) is 10.2 Å². The Hall–Kier alpha value is -3.36. The number of hydrogen-bond acceptors (Lipinski definition) is 6. The van der Waals surface area contributed by atoms with Gasteiger partial charge in [-0.15, -0.1) is 0 Å². The normalized spacial score (nSPS) is 20.9. The van der Waals surface area contributed by atoms with Crippen LogP contribution in [0.5, 0.6) is 0 Å². The van der Waals surface area contributed by atoms with Gasteiger partial charge in [-0.2, -0.15) is 5.10 Å². The first-order chi connectivity index (χ1) is 17.2. The largest absolute Gasteiger partial charge is 0.377 e. The third-order valence-electron chi connectivity index (χ3n) is 6.86. The lowest BCUT2D eigenvalue weighted by atomic mass is 10.0. The number of aromatic nitrogens is 4. The van der Waals surface area contributed by atoms with E-state index in [1.807, 2.05) is 35.0 Å². The van der Waals surface area contributed by atoms with Crippen molar-refractivity contribution in [2.75, 3.05) is 31.3 Å². The summed E-state index contributed by atoms with van der Waals surface area (Å²) in [4.78, 5) is 12.1. The lowest BCUT2D eigenvalue weighted by Crippen LogP contribution is -2.44. The van der Waals surface area contributed by atoms with Crippen molar-refractivity contribution in [3.8, 4) is 22.5 Å². The van der Waals surface area contributed by atoms with Crippen molar-refractivity contribution in [3.63, 3.8) is 0 Å². The molecule has 8 heteroatoms. The Morgan fingerprint density at radius 1 is 1.03 bits per heavy atom. The molecule has 1 aromatic carbocycles. The average molecular weight is 474 g/mol. The van der Waals surface area contributed by atoms with Gasteiger partial charge in [0.05, 0.1) is 24.9 Å². The van der Waals surface area contributed by atoms with Gasteiger partial charge in [0.2, 0.25) is 0 Å². The van der Waals surface area contributed by atoms with Gasteiger partial charge in [-0.1, -0.05) is 18.2 Å². The second-order valence-corrected chi connectivity index (χ2v) is 9.17. The maximum absolute atomic E-state index is 15.0. The molecule has 0 spiro atoms. The molecule has 0 amide bonds. The van der Waals surface area contributed by atoms with E-state index in [-0.39, 0.29) is 18.1 Å². The number of morpholine rings is 1. The molecule has 0 saturated carbocycles. The van der Waals surface area contributed by atoms with Crippen LogP contribution in [-0.4, -0.2) is 52.2 Å². The van der Waals surface area contributed by atoms with Crippen molar-refractivity contribution in [1.29, 1.82) is 0 Å². The highest BCUT2D eigenvalue weighted by Crippen LogP contribution is 2.38. The molecule has 7 nitrogen and oxygen atoms in total. The highest BCUT2D eigenvalue weighted by atomic mass is 19.1. The van der Waals surface area contributed by atoms with Crippen LogP contribution in [-0.2, 0) is 9.47 Å². The molecule has 2 aliphatic heterocycles. The molecular formula is C27H28FN5O2. The molecule has 2 fully saturated rings. The lowest BCUT2D eigenvalue weighted by molar-refractivity contribution is -0.0383. The molecule has 5 heterocycles. The Morgan fingerprint density at radius 3 is 2.77 bits per heavy atom. The van der Waals surface area contributed by atoms with E-state index < -0.39 is 0 Å². The van der Waals surface area contributed by atoms with E-state index in [4.69, 9.17) is 19.4 Å². The van der Waals surface area contributed by atoms with Gasteiger partial charge in [0.15, 0.2) is 6.23 Å². The quantitative estimate of drug-likeness (QED) is 0.405. The van der Waals surface area contributed by atoms with Crippen LogP contribution < -0.4 is 4.90 Å². The lowest BCUT2D eigenvalue weighted by Gasteiger charge is -2.35. The van der Waals surface area contributed by atoms with Crippen LogP contribution >= 0.6 is 0 Å². The van der Waals surface area contributed by atoms with Gasteiger partial charge in [0.1, 0.15) is 22.8 Å². The van der Waals surface area contributed by atoms with Crippen LogP contribution in [0.2, 0.25) is 0 Å². The number of benzene rings is 1. The number of rotatable bonds is 4. The summed E-state index contributed by atoms with van der Waals surface area (Å²) >= 11 is 0. The molecule has 0 N–H and O–H groups in total. The number of hydrogen-bond donors (Lipinski definition) is 0. The van der Waals surface area contributed by atoms with Crippen LogP contribution in [0.15, 0.2) is 54.9 Å². The van der Waals surface area contributed by atoms with E-state index in [0.29, 0.717) is 25.3 Å². The standard InChI is InChI=1S/C27H28FN5O2/c1-18-17-34-15-13-32(18)27-21(20-6-2-3-7-22(20)28)16-19-9-11-29-26(25(19)31-27)23-10-12-30-33(23)24-8-4-5-14-35-24/h2-3,6-7,9-12,16,18,24H,4-5,8,13-15,17H2,1H3/t18-,24?/m1/s1. The fourth-order valence-electron chi connectivity index (χ4n) is 5.06. The summed E-state index contributed by atoms with van der Waals surface area (Å²) in [6.07, 6.45) is 6.55. The van der Waals surface area contributed by atoms with Crippen molar-refractivity contribution < 1.29 is 13.9 Å². The molecule has 2 saturated heterocycles. The molecule has 35 heavy (non-hydrogen) atoms. The first kappa shape index (κ1) is 22.1. The average Bonchev–Trinajstić information content (AvgIpc) is 3.39. The van der Waals surface area contributed by atoms with Crippen molar-refractivity contribution in [2.24, 2.45) is 0 Å². The summed E-state index contributed by atoms with van der Waals surface area (Å²) in [7, 11) is 0. The number of ether oxygens (including phenoxy) is 2. The van der Waals surface area contributed by atoms with Crippen molar-refractivity contribution in [3.05, 3.63) is 60.7 Å². The van der Waals surface area contributed by atoms with E-state index in [1.54, 1.807) is 18.5 Å². The van der Waals surface area contributed by atoms with Gasteiger partial charge in [-0.05, 0) is 50.5 Å². The third-order valence-corrected chi connectivity index (χ3v) is 6.86. The highest BCUT2D eigenvalue weighted by Gasteiger charge is 2.27. The maximum Gasteiger partial charge on any atom is 0.150 e. The number of halogens is 1. The fraction of sp³-hybridized carbons (Fsp3) is 0.370. The van der Waals surface area contributed by atoms with Crippen LogP contribution in [0.3, 0.4) is 0 Å². The molecular weight excluding hydrogens is 445 g/mol. The summed E-state index contributed by atoms with van der Waals surface area (Å²) in [6, 6.07) is 12.9. The molecule has 3 aromatic heterocycles. The Kier molecular flexibility index (Phi) is 5.91. The summed E-state index contributed by atoms with van der Waals surface area (Å²) in [6.45, 7) is 4.73. The van der Waals surface area contributed by atoms with Gasteiger partial charge < -0.3 is 14.4 Å². The summed E-state index contributed by atoms with van der Waals surface area (Å²) in [5.41, 5.74) is 3.69. The zero-order chi connectivity index (χ0) is 23.8. The Labute approximate surface area is 203 Å². The molecule has 180 valence electrons. The maximum atomic E-state index is 15.0. The van der Waals surface area contributed by atoms with E-state index in [0.717, 1.165) is 59.5 Å². The number of anilines is 1. The molecule has 2 aliphatic rings. The SMILES string of the molecule is C[C@@H]1COCCN1c1nc2c(-c3ccnn3C3CCCCO3)nccc2cc1-c1ccccc1F. The highest BCUT2D eigenvalue weighted by molar-refractivity contribution is 5.96. The second-order valence-electron chi connectivity index (χ2n) is 9.17. The monoisotopic (exact) mass is 473 g/mol. The van der Waals surface area contributed by atoms with Gasteiger partial charge in [0.25, 0.3) is 0 Å². The van der Waals surface area contributed by atoms with Crippen LogP contribution in [0.25, 0.3) is 33.4 Å². The van der Waals surface area contributed by atoms with Gasteiger partial charge in [0, 0.05) is 42.1 Å². The smallest absolute Gasteiger partial charge is 0.150 e. The van der Waals surface area contributed by atoms with E-state index in [1.165, 1.54) is 6.07 Å². The third kappa shape index (κ3) is 4.06. The van der Waals surface area contributed by atoms with Gasteiger partial charge in [-0.3, -0.25) is 4.98 Å². The zero-order valence-electron chi connectivity index (χ0n) is 19.7. The van der Waals surface area contributed by atoms with Crippen molar-refractivity contribution in [1.82, 2.24) is 19.7 Å². The Bertz CT molecular complexity index is 1350. The predicted octanol–water partition coefficient (Wildman–Crippen LogP) is 5.22. The Balaban J connectivity index is 1.55. The minimum atomic E-state index is -0.266. The summed E-state index contributed by atoms with van der Waals surface area (Å²) in [5, 5.41) is 5.47. The topological polar surface area (TPSA) is 65.3 Å². The molecule has 0 radical (unpaired) electrons. The summed E-state index contributed by atoms with van der Waals surface area (Å²) in [5.74, 6) is 0.477. The van der Waals surface area contributed by atoms with E-state index >= 15 is 0 Å². The van der Waals surface area contributed by atoms with Gasteiger partial charge >= 0.3 is 0 Å². The minimum Gasteiger partial charge on any atom is -0.377 e. The Morgan fingerprint density at radius 2 is 1.94 bits per heavy atom. The number of nitrogens with zero attached hydrogens (tertiary/aromatic N) is 5. The minimum absolute atomic E-state index is 0.109. The fourth-order valence-corrected chi connectivity index (χ4v) is 5.06. The first-order valence-electron chi connectivity index (χ1n) is 12.3. The molecule has 4 aromatic rings. The predicted molar refractivity (Wildman–Crippen MR) is 133 cm³/mol. The first-order valence-corrected chi connectivity index (χ1v) is 12.3. The molecule has 0 bridgehead atoms. The number of pyridine rings is 2. The zero-order valence-corrected chi connectivity index (χ0v) is 19.7. The van der Waals surface area contributed by atoms with E-state index in [2.05, 4.69) is 16.9 Å². The van der Waals surface area contributed by atoms with Gasteiger partial charge in [-0.25, -0.2) is 14.1 Å². The van der Waals surface area contributed by atoms with Crippen LogP contribution in [0.1, 0.15) is 32.4 Å². The molecule has 2 atom stereocenters. The number of fused-ring (bicyclic) bond motifs is 1. The van der Waals surface area contributed by atoms with Crippen molar-refractivity contribution >= 4 is 16.7 Å². The summed E-state index contributed by atoms with van der Waals surface area (Å²) < 4.78 is 28.6. The second kappa shape index (κ2) is 9.36. The molecule has 6 rings (SSSR count). The molecule has 0 aliphatic carbocycles. The van der Waals surface area contributed by atoms with Crippen LogP contribution in [0, 0.1) is 5.82 Å². The van der Waals surface area contributed by atoms with Crippen molar-refractivity contribution in [2.45, 2.75) is 38.5 Å². The van der Waals surface area contributed by atoms with E-state index in [9.17, 15) is 4.39 Å².